The molecule has 6 nitrogen and oxygen atoms in total. The summed E-state index contributed by atoms with van der Waals surface area (Å²) in [5.74, 6) is 1.91. The Kier molecular flexibility index (Phi) is 2.34. The zero-order valence-electron chi connectivity index (χ0n) is 9.01. The van der Waals surface area contributed by atoms with Gasteiger partial charge < -0.3 is 10.1 Å². The number of nitrogens with one attached hydrogen (secondary N) is 2. The SMILES string of the molecule is OCc1n[nH]c(Cc2nc3ccccc3[nH]2)n1. The lowest BCUT2D eigenvalue weighted by Gasteiger charge is -1.89. The first kappa shape index (κ1) is 9.98. The molecule has 0 spiro atoms. The average Bonchev–Trinajstić information content (AvgIpc) is 2.94. The second-order valence-corrected chi connectivity index (χ2v) is 3.73. The molecule has 17 heavy (non-hydrogen) atoms. The summed E-state index contributed by atoms with van der Waals surface area (Å²) in [5, 5.41) is 15.5. The van der Waals surface area contributed by atoms with Gasteiger partial charge in [0.25, 0.3) is 0 Å². The fourth-order valence-electron chi connectivity index (χ4n) is 1.73. The van der Waals surface area contributed by atoms with E-state index in [-0.39, 0.29) is 6.61 Å². The van der Waals surface area contributed by atoms with E-state index < -0.39 is 0 Å². The summed E-state index contributed by atoms with van der Waals surface area (Å²) in [4.78, 5) is 11.8. The third kappa shape index (κ3) is 1.90. The number of hydrogen-bond donors (Lipinski definition) is 3. The number of aliphatic hydroxyl groups is 1. The molecule has 0 saturated heterocycles. The van der Waals surface area contributed by atoms with E-state index in [1.165, 1.54) is 0 Å². The van der Waals surface area contributed by atoms with Gasteiger partial charge in [0, 0.05) is 0 Å². The highest BCUT2D eigenvalue weighted by atomic mass is 16.3. The van der Waals surface area contributed by atoms with Crippen LogP contribution in [-0.2, 0) is 13.0 Å². The lowest BCUT2D eigenvalue weighted by atomic mass is 10.3. The van der Waals surface area contributed by atoms with Crippen molar-refractivity contribution in [2.75, 3.05) is 0 Å². The number of para-hydroxylation sites is 2. The fraction of sp³-hybridized carbons (Fsp3) is 0.182. The molecule has 0 unspecified atom stereocenters. The van der Waals surface area contributed by atoms with Crippen molar-refractivity contribution in [2.45, 2.75) is 13.0 Å². The van der Waals surface area contributed by atoms with E-state index in [4.69, 9.17) is 5.11 Å². The van der Waals surface area contributed by atoms with E-state index in [2.05, 4.69) is 25.1 Å². The van der Waals surface area contributed by atoms with E-state index in [9.17, 15) is 0 Å². The van der Waals surface area contributed by atoms with Crippen molar-refractivity contribution in [1.29, 1.82) is 0 Å². The van der Waals surface area contributed by atoms with E-state index in [1.807, 2.05) is 24.3 Å². The first-order valence-electron chi connectivity index (χ1n) is 5.30. The molecule has 0 radical (unpaired) electrons. The predicted molar refractivity (Wildman–Crippen MR) is 61.2 cm³/mol. The molecule has 0 aliphatic heterocycles. The quantitative estimate of drug-likeness (QED) is 0.618. The molecule has 0 aliphatic rings. The van der Waals surface area contributed by atoms with Crippen molar-refractivity contribution in [1.82, 2.24) is 25.1 Å². The maximum atomic E-state index is 8.86. The molecule has 2 aromatic heterocycles. The van der Waals surface area contributed by atoms with Crippen molar-refractivity contribution < 1.29 is 5.11 Å². The second-order valence-electron chi connectivity index (χ2n) is 3.73. The Morgan fingerprint density at radius 3 is 2.76 bits per heavy atom. The van der Waals surface area contributed by atoms with Crippen LogP contribution in [0.5, 0.6) is 0 Å². The van der Waals surface area contributed by atoms with Crippen LogP contribution in [0.25, 0.3) is 11.0 Å². The monoisotopic (exact) mass is 229 g/mol. The summed E-state index contributed by atoms with van der Waals surface area (Å²) >= 11 is 0. The average molecular weight is 229 g/mol. The van der Waals surface area contributed by atoms with Gasteiger partial charge in [-0.05, 0) is 12.1 Å². The van der Waals surface area contributed by atoms with Crippen LogP contribution in [0.2, 0.25) is 0 Å². The molecule has 86 valence electrons. The second kappa shape index (κ2) is 3.99. The molecule has 3 rings (SSSR count). The van der Waals surface area contributed by atoms with Crippen molar-refractivity contribution >= 4 is 11.0 Å². The molecule has 0 amide bonds. The summed E-state index contributed by atoms with van der Waals surface area (Å²) in [7, 11) is 0. The maximum Gasteiger partial charge on any atom is 0.176 e. The summed E-state index contributed by atoms with van der Waals surface area (Å²) in [5.41, 5.74) is 1.94. The minimum atomic E-state index is -0.156. The normalized spacial score (nSPS) is 11.1. The highest BCUT2D eigenvalue weighted by Gasteiger charge is 2.06. The summed E-state index contributed by atoms with van der Waals surface area (Å²) < 4.78 is 0. The van der Waals surface area contributed by atoms with Crippen molar-refractivity contribution in [3.05, 3.63) is 41.7 Å². The molecule has 0 saturated carbocycles. The van der Waals surface area contributed by atoms with Gasteiger partial charge in [0.1, 0.15) is 18.3 Å². The summed E-state index contributed by atoms with van der Waals surface area (Å²) in [6.07, 6.45) is 0.543. The van der Waals surface area contributed by atoms with Crippen LogP contribution < -0.4 is 0 Å². The third-order valence-electron chi connectivity index (χ3n) is 2.49. The molecular weight excluding hydrogens is 218 g/mol. The van der Waals surface area contributed by atoms with E-state index in [1.54, 1.807) is 0 Å². The van der Waals surface area contributed by atoms with Crippen LogP contribution in [0.3, 0.4) is 0 Å². The number of aliphatic hydroxyl groups excluding tert-OH is 1. The minimum Gasteiger partial charge on any atom is -0.388 e. The van der Waals surface area contributed by atoms with Gasteiger partial charge in [-0.15, -0.1) is 0 Å². The zero-order chi connectivity index (χ0) is 11.7. The van der Waals surface area contributed by atoms with Gasteiger partial charge in [0.15, 0.2) is 5.82 Å². The number of imidazole rings is 1. The Labute approximate surface area is 96.7 Å². The molecule has 1 aromatic carbocycles. The third-order valence-corrected chi connectivity index (χ3v) is 2.49. The number of benzene rings is 1. The van der Waals surface area contributed by atoms with Gasteiger partial charge in [-0.2, -0.15) is 5.10 Å². The predicted octanol–water partition coefficient (Wildman–Crippen LogP) is 0.764. The molecule has 6 heteroatoms. The van der Waals surface area contributed by atoms with Gasteiger partial charge in [0.05, 0.1) is 17.5 Å². The standard InChI is InChI=1S/C11H11N5O/c17-6-11-14-10(15-16-11)5-9-12-7-3-1-2-4-8(7)13-9/h1-4,17H,5-6H2,(H,12,13)(H,14,15,16). The molecule has 0 aliphatic carbocycles. The number of nitrogens with zero attached hydrogens (tertiary/aromatic N) is 3. The van der Waals surface area contributed by atoms with E-state index in [0.29, 0.717) is 18.1 Å². The first-order valence-corrected chi connectivity index (χ1v) is 5.30. The molecular formula is C11H11N5O. The van der Waals surface area contributed by atoms with Gasteiger partial charge in [-0.3, -0.25) is 5.10 Å². The number of H-pyrrole nitrogens is 2. The lowest BCUT2D eigenvalue weighted by Crippen LogP contribution is -1.93. The molecule has 3 aromatic rings. The Bertz CT molecular complexity index is 609. The lowest BCUT2D eigenvalue weighted by molar-refractivity contribution is 0.271. The number of fused-ring (bicyclic) bond motifs is 1. The highest BCUT2D eigenvalue weighted by Crippen LogP contribution is 2.11. The van der Waals surface area contributed by atoms with Crippen LogP contribution >= 0.6 is 0 Å². The van der Waals surface area contributed by atoms with E-state index in [0.717, 1.165) is 16.9 Å². The largest absolute Gasteiger partial charge is 0.388 e. The number of aromatic nitrogens is 5. The molecule has 0 fully saturated rings. The smallest absolute Gasteiger partial charge is 0.176 e. The van der Waals surface area contributed by atoms with Crippen LogP contribution in [0, 0.1) is 0 Å². The van der Waals surface area contributed by atoms with Crippen LogP contribution in [0.1, 0.15) is 17.5 Å². The Balaban J connectivity index is 1.89. The van der Waals surface area contributed by atoms with Crippen LogP contribution in [0.15, 0.2) is 24.3 Å². The molecule has 0 atom stereocenters. The molecule has 3 N–H and O–H groups in total. The summed E-state index contributed by atoms with van der Waals surface area (Å²) in [6, 6.07) is 7.84. The van der Waals surface area contributed by atoms with Crippen molar-refractivity contribution in [2.24, 2.45) is 0 Å². The molecule has 0 bridgehead atoms. The Hall–Kier alpha value is -2.21. The topological polar surface area (TPSA) is 90.5 Å². The van der Waals surface area contributed by atoms with E-state index >= 15 is 0 Å². The Morgan fingerprint density at radius 2 is 2.00 bits per heavy atom. The highest BCUT2D eigenvalue weighted by molar-refractivity contribution is 5.74. The van der Waals surface area contributed by atoms with Gasteiger partial charge in [-0.25, -0.2) is 9.97 Å². The van der Waals surface area contributed by atoms with Crippen LogP contribution in [-0.4, -0.2) is 30.3 Å². The van der Waals surface area contributed by atoms with Crippen molar-refractivity contribution in [3.8, 4) is 0 Å². The van der Waals surface area contributed by atoms with Gasteiger partial charge in [0.2, 0.25) is 0 Å². The maximum absolute atomic E-state index is 8.86. The van der Waals surface area contributed by atoms with Gasteiger partial charge >= 0.3 is 0 Å². The number of rotatable bonds is 3. The zero-order valence-corrected chi connectivity index (χ0v) is 9.01. The molecule has 2 heterocycles. The fourth-order valence-corrected chi connectivity index (χ4v) is 1.73. The first-order chi connectivity index (χ1) is 8.35. The minimum absolute atomic E-state index is 0.156. The number of aromatic amines is 2. The summed E-state index contributed by atoms with van der Waals surface area (Å²) in [6.45, 7) is -0.156. The van der Waals surface area contributed by atoms with Crippen LogP contribution in [0.4, 0.5) is 0 Å². The number of hydrogen-bond acceptors (Lipinski definition) is 4. The van der Waals surface area contributed by atoms with Crippen molar-refractivity contribution in [3.63, 3.8) is 0 Å². The van der Waals surface area contributed by atoms with Gasteiger partial charge in [-0.1, -0.05) is 12.1 Å². The Morgan fingerprint density at radius 1 is 1.12 bits per heavy atom.